The van der Waals surface area contributed by atoms with E-state index >= 15 is 0 Å². The van der Waals surface area contributed by atoms with Crippen LogP contribution in [0.2, 0.25) is 0 Å². The molecule has 0 aliphatic carbocycles. The second-order valence-corrected chi connectivity index (χ2v) is 5.54. The van der Waals surface area contributed by atoms with Gasteiger partial charge in [-0.2, -0.15) is 0 Å². The van der Waals surface area contributed by atoms with E-state index in [0.29, 0.717) is 11.1 Å². The Morgan fingerprint density at radius 2 is 2.20 bits per heavy atom. The van der Waals surface area contributed by atoms with Crippen molar-refractivity contribution >= 4 is 11.5 Å². The van der Waals surface area contributed by atoms with Crippen LogP contribution in [0.3, 0.4) is 0 Å². The summed E-state index contributed by atoms with van der Waals surface area (Å²) in [7, 11) is 1.93. The SMILES string of the molecule is CC(=O)c1cc(F)c(C)cc1N(C)CC1CCCCO1. The maximum atomic E-state index is 13.6. The third kappa shape index (κ3) is 3.37. The van der Waals surface area contributed by atoms with Gasteiger partial charge in [-0.15, -0.1) is 0 Å². The largest absolute Gasteiger partial charge is 0.376 e. The zero-order valence-corrected chi connectivity index (χ0v) is 12.4. The van der Waals surface area contributed by atoms with Gasteiger partial charge in [0.1, 0.15) is 5.82 Å². The molecule has 0 aromatic heterocycles. The van der Waals surface area contributed by atoms with Gasteiger partial charge >= 0.3 is 0 Å². The first-order chi connectivity index (χ1) is 9.49. The van der Waals surface area contributed by atoms with E-state index < -0.39 is 0 Å². The lowest BCUT2D eigenvalue weighted by Gasteiger charge is -2.29. The standard InChI is InChI=1S/C16H22FNO2/c1-11-8-16(14(12(2)19)9-15(11)17)18(3)10-13-6-4-5-7-20-13/h8-9,13H,4-7,10H2,1-3H3. The maximum absolute atomic E-state index is 13.6. The van der Waals surface area contributed by atoms with E-state index in [1.807, 2.05) is 11.9 Å². The number of ether oxygens (including phenoxy) is 1. The summed E-state index contributed by atoms with van der Waals surface area (Å²) in [4.78, 5) is 13.7. The first kappa shape index (κ1) is 15.0. The number of anilines is 1. The number of likely N-dealkylation sites (N-methyl/N-ethyl adjacent to an activating group) is 1. The van der Waals surface area contributed by atoms with Crippen molar-refractivity contribution in [1.29, 1.82) is 0 Å². The molecule has 20 heavy (non-hydrogen) atoms. The molecule has 110 valence electrons. The summed E-state index contributed by atoms with van der Waals surface area (Å²) in [6, 6.07) is 3.08. The molecule has 4 heteroatoms. The Bertz CT molecular complexity index is 495. The molecule has 1 aliphatic heterocycles. The topological polar surface area (TPSA) is 29.5 Å². The van der Waals surface area contributed by atoms with E-state index in [-0.39, 0.29) is 17.7 Å². The smallest absolute Gasteiger partial charge is 0.161 e. The minimum absolute atomic E-state index is 0.115. The number of halogens is 1. The number of aryl methyl sites for hydroxylation is 1. The van der Waals surface area contributed by atoms with Gasteiger partial charge < -0.3 is 9.64 Å². The van der Waals surface area contributed by atoms with Crippen LogP contribution in [-0.2, 0) is 4.74 Å². The molecule has 1 aromatic carbocycles. The zero-order chi connectivity index (χ0) is 14.7. The van der Waals surface area contributed by atoms with Crippen molar-refractivity contribution < 1.29 is 13.9 Å². The quantitative estimate of drug-likeness (QED) is 0.792. The van der Waals surface area contributed by atoms with Crippen LogP contribution in [0.25, 0.3) is 0 Å². The van der Waals surface area contributed by atoms with Gasteiger partial charge in [-0.1, -0.05) is 0 Å². The number of benzene rings is 1. The molecule has 0 saturated carbocycles. The van der Waals surface area contributed by atoms with Gasteiger partial charge in [0.15, 0.2) is 5.78 Å². The van der Waals surface area contributed by atoms with Crippen LogP contribution in [0, 0.1) is 12.7 Å². The van der Waals surface area contributed by atoms with Crippen LogP contribution in [0.4, 0.5) is 10.1 Å². The molecule has 1 aromatic rings. The Labute approximate surface area is 119 Å². The molecule has 0 amide bonds. The monoisotopic (exact) mass is 279 g/mol. The lowest BCUT2D eigenvalue weighted by molar-refractivity contribution is 0.0216. The van der Waals surface area contributed by atoms with Crippen LogP contribution < -0.4 is 4.90 Å². The van der Waals surface area contributed by atoms with E-state index in [1.165, 1.54) is 19.4 Å². The molecule has 0 spiro atoms. The molecule has 1 heterocycles. The molecular weight excluding hydrogens is 257 g/mol. The van der Waals surface area contributed by atoms with Crippen molar-refractivity contribution in [3.8, 4) is 0 Å². The molecule has 1 fully saturated rings. The molecule has 0 radical (unpaired) electrons. The second kappa shape index (κ2) is 6.35. The van der Waals surface area contributed by atoms with Gasteiger partial charge in [0, 0.05) is 31.5 Å². The van der Waals surface area contributed by atoms with Gasteiger partial charge in [-0.3, -0.25) is 4.79 Å². The molecule has 1 aliphatic rings. The Balaban J connectivity index is 2.21. The summed E-state index contributed by atoms with van der Waals surface area (Å²) in [5, 5.41) is 0. The van der Waals surface area contributed by atoms with Crippen molar-refractivity contribution in [2.24, 2.45) is 0 Å². The fourth-order valence-corrected chi connectivity index (χ4v) is 2.62. The van der Waals surface area contributed by atoms with Crippen LogP contribution in [0.15, 0.2) is 12.1 Å². The Morgan fingerprint density at radius 3 is 2.80 bits per heavy atom. The van der Waals surface area contributed by atoms with Gasteiger partial charge in [0.2, 0.25) is 0 Å². The number of rotatable bonds is 4. The Kier molecular flexibility index (Phi) is 4.76. The van der Waals surface area contributed by atoms with Crippen LogP contribution in [-0.4, -0.2) is 32.1 Å². The van der Waals surface area contributed by atoms with Gasteiger partial charge in [0.05, 0.1) is 6.10 Å². The lowest BCUT2D eigenvalue weighted by Crippen LogP contribution is -2.34. The summed E-state index contributed by atoms with van der Waals surface area (Å²) >= 11 is 0. The molecule has 0 bridgehead atoms. The summed E-state index contributed by atoms with van der Waals surface area (Å²) in [5.41, 5.74) is 1.78. The molecule has 1 atom stereocenters. The van der Waals surface area contributed by atoms with E-state index in [9.17, 15) is 9.18 Å². The van der Waals surface area contributed by atoms with Crippen LogP contribution in [0.1, 0.15) is 42.1 Å². The highest BCUT2D eigenvalue weighted by atomic mass is 19.1. The minimum atomic E-state index is -0.332. The predicted molar refractivity (Wildman–Crippen MR) is 78.0 cm³/mol. The average molecular weight is 279 g/mol. The predicted octanol–water partition coefficient (Wildman–Crippen LogP) is 3.34. The van der Waals surface area contributed by atoms with E-state index in [1.54, 1.807) is 13.0 Å². The fraction of sp³-hybridized carbons (Fsp3) is 0.562. The van der Waals surface area contributed by atoms with E-state index in [4.69, 9.17) is 4.74 Å². The highest BCUT2D eigenvalue weighted by Crippen LogP contribution is 2.25. The van der Waals surface area contributed by atoms with Crippen LogP contribution >= 0.6 is 0 Å². The Morgan fingerprint density at radius 1 is 1.45 bits per heavy atom. The van der Waals surface area contributed by atoms with Crippen molar-refractivity contribution in [2.75, 3.05) is 25.1 Å². The average Bonchev–Trinajstić information content (AvgIpc) is 2.42. The molecule has 1 unspecified atom stereocenters. The third-order valence-corrected chi connectivity index (χ3v) is 3.82. The first-order valence-electron chi connectivity index (χ1n) is 7.13. The summed E-state index contributed by atoms with van der Waals surface area (Å²) < 4.78 is 19.4. The minimum Gasteiger partial charge on any atom is -0.376 e. The number of carbonyl (C=O) groups is 1. The number of carbonyl (C=O) groups excluding carboxylic acids is 1. The number of Topliss-reactive ketones (excluding diaryl/α,β-unsaturated/α-hetero) is 1. The van der Waals surface area contributed by atoms with Gasteiger partial charge in [-0.05, 0) is 50.8 Å². The molecule has 3 nitrogen and oxygen atoms in total. The molecular formula is C16H22FNO2. The normalized spacial score (nSPS) is 18.9. The van der Waals surface area contributed by atoms with Crippen molar-refractivity contribution in [3.05, 3.63) is 29.1 Å². The van der Waals surface area contributed by atoms with Crippen molar-refractivity contribution in [1.82, 2.24) is 0 Å². The van der Waals surface area contributed by atoms with Gasteiger partial charge in [-0.25, -0.2) is 4.39 Å². The van der Waals surface area contributed by atoms with Crippen molar-refractivity contribution in [3.63, 3.8) is 0 Å². The number of hydrogen-bond acceptors (Lipinski definition) is 3. The van der Waals surface area contributed by atoms with Crippen LogP contribution in [0.5, 0.6) is 0 Å². The fourth-order valence-electron chi connectivity index (χ4n) is 2.62. The molecule has 2 rings (SSSR count). The van der Waals surface area contributed by atoms with Crippen molar-refractivity contribution in [2.45, 2.75) is 39.2 Å². The van der Waals surface area contributed by atoms with E-state index in [2.05, 4.69) is 0 Å². The van der Waals surface area contributed by atoms with E-state index in [0.717, 1.165) is 31.7 Å². The first-order valence-corrected chi connectivity index (χ1v) is 7.13. The molecule has 1 saturated heterocycles. The number of hydrogen-bond donors (Lipinski definition) is 0. The summed E-state index contributed by atoms with van der Waals surface area (Å²) in [6.07, 6.45) is 3.54. The summed E-state index contributed by atoms with van der Waals surface area (Å²) in [6.45, 7) is 4.72. The Hall–Kier alpha value is -1.42. The number of ketones is 1. The third-order valence-electron chi connectivity index (χ3n) is 3.82. The lowest BCUT2D eigenvalue weighted by atomic mass is 10.0. The maximum Gasteiger partial charge on any atom is 0.161 e. The van der Waals surface area contributed by atoms with Gasteiger partial charge in [0.25, 0.3) is 0 Å². The number of nitrogens with zero attached hydrogens (tertiary/aromatic N) is 1. The summed E-state index contributed by atoms with van der Waals surface area (Å²) in [5.74, 6) is -0.448. The molecule has 0 N–H and O–H groups in total. The highest BCUT2D eigenvalue weighted by Gasteiger charge is 2.19. The zero-order valence-electron chi connectivity index (χ0n) is 12.4. The highest BCUT2D eigenvalue weighted by molar-refractivity contribution is 5.99. The second-order valence-electron chi connectivity index (χ2n) is 5.54.